The van der Waals surface area contributed by atoms with Crippen LogP contribution in [0.5, 0.6) is 0 Å². The first-order valence-corrected chi connectivity index (χ1v) is 10.9. The summed E-state index contributed by atoms with van der Waals surface area (Å²) in [6.07, 6.45) is -3.40. The molecular weight excluding hydrogens is 447 g/mol. The molecule has 3 rings (SSSR count). The Morgan fingerprint density at radius 1 is 1.19 bits per heavy atom. The van der Waals surface area contributed by atoms with Crippen molar-refractivity contribution in [2.45, 2.75) is 11.1 Å². The van der Waals surface area contributed by atoms with E-state index < -0.39 is 27.7 Å². The van der Waals surface area contributed by atoms with E-state index in [2.05, 4.69) is 11.9 Å². The lowest BCUT2D eigenvalue weighted by atomic mass is 10.2. The molecule has 1 aliphatic heterocycles. The van der Waals surface area contributed by atoms with Gasteiger partial charge >= 0.3 is 6.18 Å². The highest BCUT2D eigenvalue weighted by atomic mass is 32.2. The first kappa shape index (κ1) is 23.3. The number of anilines is 1. The molecule has 0 aliphatic carbocycles. The van der Waals surface area contributed by atoms with E-state index in [1.807, 2.05) is 0 Å². The number of carbonyl (C=O) groups excluding carboxylic acids is 2. The van der Waals surface area contributed by atoms with Crippen molar-refractivity contribution in [2.75, 3.05) is 30.5 Å². The molecule has 1 fully saturated rings. The first-order chi connectivity index (χ1) is 15.0. The van der Waals surface area contributed by atoms with E-state index in [-0.39, 0.29) is 48.2 Å². The van der Waals surface area contributed by atoms with E-state index >= 15 is 0 Å². The number of halogens is 3. The van der Waals surface area contributed by atoms with Gasteiger partial charge in [-0.15, -0.1) is 6.58 Å². The molecule has 0 spiro atoms. The fourth-order valence-electron chi connectivity index (χ4n) is 3.21. The molecule has 2 amide bonds. The number of hydrogen-bond acceptors (Lipinski definition) is 4. The molecule has 11 heteroatoms. The minimum atomic E-state index is -4.65. The normalized spacial score (nSPS) is 14.6. The van der Waals surface area contributed by atoms with Crippen LogP contribution < -0.4 is 9.62 Å². The molecule has 1 saturated heterocycles. The lowest BCUT2D eigenvalue weighted by Gasteiger charge is -2.27. The monoisotopic (exact) mass is 467 g/mol. The lowest BCUT2D eigenvalue weighted by molar-refractivity contribution is -0.137. The van der Waals surface area contributed by atoms with E-state index in [0.29, 0.717) is 0 Å². The lowest BCUT2D eigenvalue weighted by Crippen LogP contribution is -2.50. The zero-order valence-electron chi connectivity index (χ0n) is 16.8. The van der Waals surface area contributed by atoms with Crippen molar-refractivity contribution in [1.29, 1.82) is 0 Å². The molecule has 1 N–H and O–H groups in total. The van der Waals surface area contributed by atoms with Gasteiger partial charge in [0, 0.05) is 18.7 Å². The van der Waals surface area contributed by atoms with Crippen molar-refractivity contribution >= 4 is 27.5 Å². The highest BCUT2D eigenvalue weighted by Crippen LogP contribution is 2.33. The van der Waals surface area contributed by atoms with Gasteiger partial charge in [-0.1, -0.05) is 18.2 Å². The molecule has 0 saturated carbocycles. The highest BCUT2D eigenvalue weighted by molar-refractivity contribution is 7.92. The van der Waals surface area contributed by atoms with Crippen LogP contribution in [-0.2, 0) is 21.0 Å². The molecule has 2 aromatic rings. The van der Waals surface area contributed by atoms with Gasteiger partial charge < -0.3 is 10.2 Å². The van der Waals surface area contributed by atoms with Gasteiger partial charge in [0.15, 0.2) is 0 Å². The minimum Gasteiger partial charge on any atom is -0.353 e. The Morgan fingerprint density at radius 2 is 1.91 bits per heavy atom. The average Bonchev–Trinajstić information content (AvgIpc) is 2.76. The fraction of sp³-hybridized carbons (Fsp3) is 0.238. The number of piperazine rings is 1. The summed E-state index contributed by atoms with van der Waals surface area (Å²) in [5.41, 5.74) is -1.14. The van der Waals surface area contributed by atoms with Gasteiger partial charge in [-0.05, 0) is 36.4 Å². The Kier molecular flexibility index (Phi) is 6.58. The zero-order chi connectivity index (χ0) is 23.5. The molecule has 0 unspecified atom stereocenters. The number of alkyl halides is 3. The first-order valence-electron chi connectivity index (χ1n) is 9.51. The summed E-state index contributed by atoms with van der Waals surface area (Å²) in [7, 11) is -4.33. The van der Waals surface area contributed by atoms with E-state index in [9.17, 15) is 31.2 Å². The van der Waals surface area contributed by atoms with Gasteiger partial charge in [-0.2, -0.15) is 13.2 Å². The summed E-state index contributed by atoms with van der Waals surface area (Å²) in [4.78, 5) is 25.3. The Balaban J connectivity index is 1.98. The van der Waals surface area contributed by atoms with E-state index in [0.717, 1.165) is 28.6 Å². The molecule has 1 aliphatic rings. The van der Waals surface area contributed by atoms with E-state index in [1.165, 1.54) is 35.2 Å². The number of amides is 2. The summed E-state index contributed by atoms with van der Waals surface area (Å²) >= 11 is 0. The molecule has 2 aromatic carbocycles. The van der Waals surface area contributed by atoms with Gasteiger partial charge in [0.1, 0.15) is 0 Å². The standard InChI is InChI=1S/C21H20F3N3O4S/c1-2-10-27(17-7-4-6-16(13-17)21(22,23)24)32(30,31)18-8-3-5-15(12-18)20(29)26-11-9-25-19(28)14-26/h2-8,12-13H,1,9-11,14H2,(H,25,28). The Labute approximate surface area is 183 Å². The second-order valence-electron chi connectivity index (χ2n) is 6.98. The predicted octanol–water partition coefficient (Wildman–Crippen LogP) is 2.66. The summed E-state index contributed by atoms with van der Waals surface area (Å²) in [6, 6.07) is 9.12. The third kappa shape index (κ3) is 4.93. The largest absolute Gasteiger partial charge is 0.416 e. The number of carbonyl (C=O) groups is 2. The molecule has 7 nitrogen and oxygen atoms in total. The van der Waals surface area contributed by atoms with Crippen LogP contribution in [0.15, 0.2) is 66.1 Å². The van der Waals surface area contributed by atoms with Gasteiger partial charge in [0.25, 0.3) is 15.9 Å². The van der Waals surface area contributed by atoms with Crippen molar-refractivity contribution in [3.63, 3.8) is 0 Å². The van der Waals surface area contributed by atoms with Crippen LogP contribution in [0.3, 0.4) is 0 Å². The number of rotatable bonds is 6. The molecule has 32 heavy (non-hydrogen) atoms. The summed E-state index contributed by atoms with van der Waals surface area (Å²) < 4.78 is 66.7. The summed E-state index contributed by atoms with van der Waals surface area (Å²) in [5, 5.41) is 2.59. The molecule has 0 bridgehead atoms. The SMILES string of the molecule is C=CCN(c1cccc(C(F)(F)F)c1)S(=O)(=O)c1cccc(C(=O)N2CCNC(=O)C2)c1. The number of hydrogen-bond donors (Lipinski definition) is 1. The van der Waals surface area contributed by atoms with Crippen LogP contribution in [-0.4, -0.2) is 51.3 Å². The van der Waals surface area contributed by atoms with Crippen molar-refractivity contribution in [2.24, 2.45) is 0 Å². The van der Waals surface area contributed by atoms with Crippen LogP contribution in [0.1, 0.15) is 15.9 Å². The zero-order valence-corrected chi connectivity index (χ0v) is 17.6. The maximum atomic E-state index is 13.3. The van der Waals surface area contributed by atoms with E-state index in [1.54, 1.807) is 0 Å². The van der Waals surface area contributed by atoms with Gasteiger partial charge in [-0.3, -0.25) is 13.9 Å². The summed E-state index contributed by atoms with van der Waals surface area (Å²) in [5.74, 6) is -0.846. The van der Waals surface area contributed by atoms with Crippen LogP contribution in [0.4, 0.5) is 18.9 Å². The van der Waals surface area contributed by atoms with Gasteiger partial charge in [0.05, 0.1) is 29.2 Å². The van der Waals surface area contributed by atoms with Gasteiger partial charge in [-0.25, -0.2) is 8.42 Å². The number of sulfonamides is 1. The number of nitrogens with zero attached hydrogens (tertiary/aromatic N) is 2. The topological polar surface area (TPSA) is 86.8 Å². The molecule has 0 radical (unpaired) electrons. The average molecular weight is 467 g/mol. The smallest absolute Gasteiger partial charge is 0.353 e. The third-order valence-corrected chi connectivity index (χ3v) is 6.54. The maximum absolute atomic E-state index is 13.3. The predicted molar refractivity (Wildman–Crippen MR) is 112 cm³/mol. The molecular formula is C21H20F3N3O4S. The van der Waals surface area contributed by atoms with Crippen LogP contribution in [0.25, 0.3) is 0 Å². The molecule has 0 aromatic heterocycles. The van der Waals surface area contributed by atoms with Crippen LogP contribution in [0.2, 0.25) is 0 Å². The van der Waals surface area contributed by atoms with Crippen molar-refractivity contribution in [3.05, 3.63) is 72.3 Å². The van der Waals surface area contributed by atoms with E-state index in [4.69, 9.17) is 0 Å². The minimum absolute atomic E-state index is 0.0448. The number of benzene rings is 2. The van der Waals surface area contributed by atoms with Crippen LogP contribution >= 0.6 is 0 Å². The van der Waals surface area contributed by atoms with Crippen LogP contribution in [0, 0.1) is 0 Å². The highest BCUT2D eigenvalue weighted by Gasteiger charge is 2.32. The summed E-state index contributed by atoms with van der Waals surface area (Å²) in [6.45, 7) is 3.61. The Bertz CT molecular complexity index is 1150. The van der Waals surface area contributed by atoms with Gasteiger partial charge in [0.2, 0.25) is 5.91 Å². The van der Waals surface area contributed by atoms with Crippen molar-refractivity contribution in [1.82, 2.24) is 10.2 Å². The Morgan fingerprint density at radius 3 is 2.56 bits per heavy atom. The Hall–Kier alpha value is -3.34. The second-order valence-corrected chi connectivity index (χ2v) is 8.84. The maximum Gasteiger partial charge on any atom is 0.416 e. The molecule has 170 valence electrons. The quantitative estimate of drug-likeness (QED) is 0.662. The van der Waals surface area contributed by atoms with Crippen molar-refractivity contribution < 1.29 is 31.2 Å². The molecule has 0 atom stereocenters. The van der Waals surface area contributed by atoms with Crippen molar-refractivity contribution in [3.8, 4) is 0 Å². The fourth-order valence-corrected chi connectivity index (χ4v) is 4.68. The third-order valence-electron chi connectivity index (χ3n) is 4.75. The molecule has 1 heterocycles. The number of nitrogens with one attached hydrogen (secondary N) is 1. The second kappa shape index (κ2) is 9.03.